The van der Waals surface area contributed by atoms with Crippen LogP contribution < -0.4 is 5.32 Å². The smallest absolute Gasteiger partial charge is 0.0517 e. The first-order valence-electron chi connectivity index (χ1n) is 7.90. The SMILES string of the molecule is c1ccc(-c2ccc(C3CCc4ccccc4N3)cc2)cc1. The number of aryl methyl sites for hydroxylation is 1. The summed E-state index contributed by atoms with van der Waals surface area (Å²) >= 11 is 0. The van der Waals surface area contributed by atoms with Crippen LogP contribution in [0.4, 0.5) is 5.69 Å². The topological polar surface area (TPSA) is 12.0 Å². The van der Waals surface area contributed by atoms with Crippen LogP contribution in [0.5, 0.6) is 0 Å². The number of rotatable bonds is 2. The van der Waals surface area contributed by atoms with Gasteiger partial charge < -0.3 is 5.32 Å². The Hall–Kier alpha value is -2.54. The van der Waals surface area contributed by atoms with E-state index in [0.717, 1.165) is 12.8 Å². The van der Waals surface area contributed by atoms with Crippen LogP contribution >= 0.6 is 0 Å². The molecule has 1 heterocycles. The monoisotopic (exact) mass is 285 g/mol. The van der Waals surface area contributed by atoms with E-state index >= 15 is 0 Å². The van der Waals surface area contributed by atoms with Crippen molar-refractivity contribution in [2.45, 2.75) is 18.9 Å². The van der Waals surface area contributed by atoms with Crippen molar-refractivity contribution in [3.63, 3.8) is 0 Å². The Morgan fingerprint density at radius 2 is 1.36 bits per heavy atom. The Bertz CT molecular complexity index is 759. The first-order chi connectivity index (χ1) is 10.9. The Kier molecular flexibility index (Phi) is 3.40. The molecule has 1 N–H and O–H groups in total. The minimum absolute atomic E-state index is 0.416. The highest BCUT2D eigenvalue weighted by molar-refractivity contribution is 5.64. The molecule has 3 aromatic rings. The predicted molar refractivity (Wildman–Crippen MR) is 93.0 cm³/mol. The second-order valence-electron chi connectivity index (χ2n) is 5.88. The Morgan fingerprint density at radius 1 is 0.682 bits per heavy atom. The van der Waals surface area contributed by atoms with Gasteiger partial charge in [0.2, 0.25) is 0 Å². The molecule has 0 aromatic heterocycles. The number of hydrogen-bond donors (Lipinski definition) is 1. The van der Waals surface area contributed by atoms with E-state index in [1.165, 1.54) is 27.9 Å². The molecular weight excluding hydrogens is 266 g/mol. The average molecular weight is 285 g/mol. The van der Waals surface area contributed by atoms with Crippen molar-refractivity contribution in [2.24, 2.45) is 0 Å². The quantitative estimate of drug-likeness (QED) is 0.660. The summed E-state index contributed by atoms with van der Waals surface area (Å²) < 4.78 is 0. The number of fused-ring (bicyclic) bond motifs is 1. The van der Waals surface area contributed by atoms with Gasteiger partial charge in [-0.25, -0.2) is 0 Å². The van der Waals surface area contributed by atoms with Gasteiger partial charge in [-0.05, 0) is 41.2 Å². The zero-order valence-corrected chi connectivity index (χ0v) is 12.5. The third kappa shape index (κ3) is 2.50. The number of hydrogen-bond acceptors (Lipinski definition) is 1. The number of benzene rings is 3. The zero-order chi connectivity index (χ0) is 14.8. The standard InChI is InChI=1S/C21H19N/c1-2-6-16(7-3-1)17-10-12-19(13-11-17)21-15-14-18-8-4-5-9-20(18)22-21/h1-13,21-22H,14-15H2. The minimum atomic E-state index is 0.416. The first kappa shape index (κ1) is 13.1. The average Bonchev–Trinajstić information content (AvgIpc) is 2.62. The van der Waals surface area contributed by atoms with Crippen molar-refractivity contribution in [1.29, 1.82) is 0 Å². The number of para-hydroxylation sites is 1. The summed E-state index contributed by atoms with van der Waals surface area (Å²) in [4.78, 5) is 0. The Labute approximate surface area is 131 Å². The first-order valence-corrected chi connectivity index (χ1v) is 7.90. The van der Waals surface area contributed by atoms with Crippen LogP contribution in [-0.2, 0) is 6.42 Å². The van der Waals surface area contributed by atoms with E-state index < -0.39 is 0 Å². The number of nitrogens with one attached hydrogen (secondary N) is 1. The normalized spacial score (nSPS) is 16.6. The fraction of sp³-hybridized carbons (Fsp3) is 0.143. The molecule has 3 aromatic carbocycles. The highest BCUT2D eigenvalue weighted by Gasteiger charge is 2.18. The van der Waals surface area contributed by atoms with Gasteiger partial charge >= 0.3 is 0 Å². The van der Waals surface area contributed by atoms with Gasteiger partial charge in [-0.15, -0.1) is 0 Å². The van der Waals surface area contributed by atoms with E-state index in [-0.39, 0.29) is 0 Å². The fourth-order valence-electron chi connectivity index (χ4n) is 3.23. The van der Waals surface area contributed by atoms with Crippen molar-refractivity contribution in [2.75, 3.05) is 5.32 Å². The van der Waals surface area contributed by atoms with Gasteiger partial charge in [-0.2, -0.15) is 0 Å². The second-order valence-corrected chi connectivity index (χ2v) is 5.88. The van der Waals surface area contributed by atoms with Gasteiger partial charge in [0.25, 0.3) is 0 Å². The van der Waals surface area contributed by atoms with Crippen molar-refractivity contribution in [3.05, 3.63) is 90.0 Å². The molecule has 1 unspecified atom stereocenters. The highest BCUT2D eigenvalue weighted by Crippen LogP contribution is 2.33. The minimum Gasteiger partial charge on any atom is -0.378 e. The van der Waals surface area contributed by atoms with Crippen LogP contribution in [0.15, 0.2) is 78.9 Å². The summed E-state index contributed by atoms with van der Waals surface area (Å²) in [5.41, 5.74) is 6.64. The predicted octanol–water partition coefficient (Wildman–Crippen LogP) is 5.45. The Morgan fingerprint density at radius 3 is 2.18 bits per heavy atom. The molecule has 0 amide bonds. The molecule has 22 heavy (non-hydrogen) atoms. The third-order valence-electron chi connectivity index (χ3n) is 4.47. The van der Waals surface area contributed by atoms with Crippen molar-refractivity contribution in [1.82, 2.24) is 0 Å². The lowest BCUT2D eigenvalue weighted by Crippen LogP contribution is -2.17. The fourth-order valence-corrected chi connectivity index (χ4v) is 3.23. The summed E-state index contributed by atoms with van der Waals surface area (Å²) in [6.07, 6.45) is 2.30. The summed E-state index contributed by atoms with van der Waals surface area (Å²) in [6, 6.07) is 28.6. The lowest BCUT2D eigenvalue weighted by Gasteiger charge is -2.27. The van der Waals surface area contributed by atoms with Crippen molar-refractivity contribution >= 4 is 5.69 Å². The molecule has 1 aliphatic heterocycles. The molecule has 0 bridgehead atoms. The maximum atomic E-state index is 3.67. The molecule has 108 valence electrons. The molecule has 0 saturated carbocycles. The van der Waals surface area contributed by atoms with Crippen LogP contribution in [0.25, 0.3) is 11.1 Å². The molecule has 0 fully saturated rings. The van der Waals surface area contributed by atoms with Gasteiger partial charge in [0, 0.05) is 5.69 Å². The van der Waals surface area contributed by atoms with Gasteiger partial charge in [0.15, 0.2) is 0 Å². The van der Waals surface area contributed by atoms with Crippen LogP contribution in [0, 0.1) is 0 Å². The molecule has 0 radical (unpaired) electrons. The second kappa shape index (κ2) is 5.69. The molecule has 1 atom stereocenters. The van der Waals surface area contributed by atoms with E-state index in [1.54, 1.807) is 0 Å². The van der Waals surface area contributed by atoms with E-state index in [9.17, 15) is 0 Å². The molecule has 1 heteroatoms. The molecule has 1 aliphatic rings. The van der Waals surface area contributed by atoms with Gasteiger partial charge in [0.05, 0.1) is 6.04 Å². The maximum absolute atomic E-state index is 3.67. The summed E-state index contributed by atoms with van der Waals surface area (Å²) in [7, 11) is 0. The third-order valence-corrected chi connectivity index (χ3v) is 4.47. The molecule has 1 nitrogen and oxygen atoms in total. The van der Waals surface area contributed by atoms with Gasteiger partial charge in [-0.3, -0.25) is 0 Å². The lowest BCUT2D eigenvalue weighted by atomic mass is 9.92. The molecule has 4 rings (SSSR count). The number of anilines is 1. The van der Waals surface area contributed by atoms with Crippen LogP contribution in [-0.4, -0.2) is 0 Å². The zero-order valence-electron chi connectivity index (χ0n) is 12.5. The largest absolute Gasteiger partial charge is 0.378 e. The van der Waals surface area contributed by atoms with Gasteiger partial charge in [-0.1, -0.05) is 72.8 Å². The van der Waals surface area contributed by atoms with E-state index in [2.05, 4.69) is 84.2 Å². The molecule has 0 spiro atoms. The van der Waals surface area contributed by atoms with E-state index in [4.69, 9.17) is 0 Å². The molecular formula is C21H19N. The Balaban J connectivity index is 1.57. The van der Waals surface area contributed by atoms with Crippen molar-refractivity contribution in [3.8, 4) is 11.1 Å². The summed E-state index contributed by atoms with van der Waals surface area (Å²) in [5, 5.41) is 3.67. The highest BCUT2D eigenvalue weighted by atomic mass is 14.9. The van der Waals surface area contributed by atoms with Gasteiger partial charge in [0.1, 0.15) is 0 Å². The van der Waals surface area contributed by atoms with Crippen LogP contribution in [0.1, 0.15) is 23.6 Å². The van der Waals surface area contributed by atoms with Crippen LogP contribution in [0.2, 0.25) is 0 Å². The van der Waals surface area contributed by atoms with E-state index in [0.29, 0.717) is 6.04 Å². The summed E-state index contributed by atoms with van der Waals surface area (Å²) in [5.74, 6) is 0. The van der Waals surface area contributed by atoms with Crippen LogP contribution in [0.3, 0.4) is 0 Å². The lowest BCUT2D eigenvalue weighted by molar-refractivity contribution is 0.668. The molecule has 0 aliphatic carbocycles. The van der Waals surface area contributed by atoms with Crippen molar-refractivity contribution < 1.29 is 0 Å². The molecule has 0 saturated heterocycles. The van der Waals surface area contributed by atoms with E-state index in [1.807, 2.05) is 0 Å². The summed E-state index contributed by atoms with van der Waals surface area (Å²) in [6.45, 7) is 0. The maximum Gasteiger partial charge on any atom is 0.0517 e.